The zero-order valence-electron chi connectivity index (χ0n) is 11.3. The van der Waals surface area contributed by atoms with Crippen molar-refractivity contribution in [2.24, 2.45) is 0 Å². The Balaban J connectivity index is 1.92. The number of para-hydroxylation sites is 2. The van der Waals surface area contributed by atoms with Crippen LogP contribution in [0, 0.1) is 0 Å². The molecule has 0 saturated heterocycles. The average Bonchev–Trinajstić information content (AvgIpc) is 3.05. The predicted molar refractivity (Wildman–Crippen MR) is 80.6 cm³/mol. The summed E-state index contributed by atoms with van der Waals surface area (Å²) in [6.07, 6.45) is -4.35. The Bertz CT molecular complexity index is 854. The summed E-state index contributed by atoms with van der Waals surface area (Å²) >= 11 is 1.48. The fourth-order valence-electron chi connectivity index (χ4n) is 2.89. The quantitative estimate of drug-likeness (QED) is 0.638. The van der Waals surface area contributed by atoms with Crippen LogP contribution in [0.4, 0.5) is 13.2 Å². The van der Waals surface area contributed by atoms with Crippen molar-refractivity contribution >= 4 is 22.8 Å². The minimum Gasteiger partial charge on any atom is -0.310 e. The normalized spacial score (nSPS) is 17.9. The lowest BCUT2D eigenvalue weighted by molar-refractivity contribution is -0.138. The number of fused-ring (bicyclic) bond motifs is 3. The number of imidazole rings is 1. The summed E-state index contributed by atoms with van der Waals surface area (Å²) in [4.78, 5) is 4.52. The van der Waals surface area contributed by atoms with Crippen LogP contribution in [0.1, 0.15) is 22.3 Å². The number of hydrogen-bond acceptors (Lipinski definition) is 2. The first kappa shape index (κ1) is 13.7. The molecule has 2 nitrogen and oxygen atoms in total. The molecule has 0 fully saturated rings. The standard InChI is InChI=1S/C16H11F3N2S/c17-16(18,19)11-6-2-1-5-10(11)15-21-13-8-4-3-7-12(13)20-14(21)9-22-15/h1-8,15H,9H2/t15-/m0/s1. The van der Waals surface area contributed by atoms with Gasteiger partial charge in [-0.05, 0) is 23.8 Å². The Labute approximate surface area is 129 Å². The molecular formula is C16H11F3N2S. The van der Waals surface area contributed by atoms with E-state index in [-0.39, 0.29) is 5.37 Å². The van der Waals surface area contributed by atoms with Crippen molar-refractivity contribution in [1.29, 1.82) is 0 Å². The van der Waals surface area contributed by atoms with Gasteiger partial charge in [-0.3, -0.25) is 0 Å². The van der Waals surface area contributed by atoms with Gasteiger partial charge in [-0.1, -0.05) is 30.3 Å². The van der Waals surface area contributed by atoms with Gasteiger partial charge in [0.05, 0.1) is 22.3 Å². The smallest absolute Gasteiger partial charge is 0.310 e. The maximum absolute atomic E-state index is 13.3. The van der Waals surface area contributed by atoms with Crippen LogP contribution in [0.15, 0.2) is 48.5 Å². The zero-order valence-corrected chi connectivity index (χ0v) is 12.2. The number of hydrogen-bond donors (Lipinski definition) is 0. The largest absolute Gasteiger partial charge is 0.416 e. The third kappa shape index (κ3) is 2.01. The first-order chi connectivity index (χ1) is 10.6. The van der Waals surface area contributed by atoms with Crippen LogP contribution in [-0.2, 0) is 11.9 Å². The van der Waals surface area contributed by atoms with Gasteiger partial charge in [0.15, 0.2) is 0 Å². The summed E-state index contributed by atoms with van der Waals surface area (Å²) in [5, 5.41) is -0.389. The first-order valence-electron chi connectivity index (χ1n) is 6.79. The van der Waals surface area contributed by atoms with Crippen molar-refractivity contribution in [3.63, 3.8) is 0 Å². The SMILES string of the molecule is FC(F)(F)c1ccccc1[C@@H]1SCc2nc3ccccc3n21. The van der Waals surface area contributed by atoms with Gasteiger partial charge < -0.3 is 4.57 Å². The summed E-state index contributed by atoms with van der Waals surface area (Å²) in [6, 6.07) is 13.3. The highest BCUT2D eigenvalue weighted by atomic mass is 32.2. The maximum Gasteiger partial charge on any atom is 0.416 e. The van der Waals surface area contributed by atoms with Crippen LogP contribution in [0.25, 0.3) is 11.0 Å². The summed E-state index contributed by atoms with van der Waals surface area (Å²) in [5.74, 6) is 1.44. The Hall–Kier alpha value is -1.95. The molecular weight excluding hydrogens is 309 g/mol. The van der Waals surface area contributed by atoms with Crippen LogP contribution >= 0.6 is 11.8 Å². The highest BCUT2D eigenvalue weighted by Crippen LogP contribution is 2.46. The molecule has 112 valence electrons. The molecule has 0 bridgehead atoms. The fourth-order valence-corrected chi connectivity index (χ4v) is 4.17. The van der Waals surface area contributed by atoms with E-state index in [0.717, 1.165) is 22.9 Å². The van der Waals surface area contributed by atoms with Crippen molar-refractivity contribution in [2.45, 2.75) is 17.3 Å². The third-order valence-electron chi connectivity index (χ3n) is 3.81. The van der Waals surface area contributed by atoms with Gasteiger partial charge in [0.1, 0.15) is 11.2 Å². The molecule has 1 aliphatic rings. The van der Waals surface area contributed by atoms with Crippen molar-refractivity contribution in [1.82, 2.24) is 9.55 Å². The molecule has 2 heterocycles. The van der Waals surface area contributed by atoms with E-state index in [4.69, 9.17) is 0 Å². The van der Waals surface area contributed by atoms with Gasteiger partial charge in [0, 0.05) is 0 Å². The Morgan fingerprint density at radius 2 is 1.77 bits per heavy atom. The lowest BCUT2D eigenvalue weighted by atomic mass is 10.1. The zero-order chi connectivity index (χ0) is 15.3. The van der Waals surface area contributed by atoms with Gasteiger partial charge in [0.2, 0.25) is 0 Å². The molecule has 4 rings (SSSR count). The molecule has 0 spiro atoms. The summed E-state index contributed by atoms with van der Waals surface area (Å²) in [6.45, 7) is 0. The van der Waals surface area contributed by atoms with Crippen molar-refractivity contribution in [3.8, 4) is 0 Å². The molecule has 0 amide bonds. The van der Waals surface area contributed by atoms with Gasteiger partial charge in [-0.15, -0.1) is 11.8 Å². The fraction of sp³-hybridized carbons (Fsp3) is 0.188. The topological polar surface area (TPSA) is 17.8 Å². The van der Waals surface area contributed by atoms with Gasteiger partial charge >= 0.3 is 6.18 Å². The van der Waals surface area contributed by atoms with Crippen LogP contribution < -0.4 is 0 Å². The molecule has 1 aromatic heterocycles. The Kier molecular flexibility index (Phi) is 2.97. The van der Waals surface area contributed by atoms with Crippen LogP contribution in [-0.4, -0.2) is 9.55 Å². The van der Waals surface area contributed by atoms with E-state index < -0.39 is 11.7 Å². The van der Waals surface area contributed by atoms with E-state index in [9.17, 15) is 13.2 Å². The van der Waals surface area contributed by atoms with Gasteiger partial charge in [0.25, 0.3) is 0 Å². The number of rotatable bonds is 1. The third-order valence-corrected chi connectivity index (χ3v) is 5.01. The predicted octanol–water partition coefficient (Wildman–Crippen LogP) is 4.85. The van der Waals surface area contributed by atoms with E-state index in [1.54, 1.807) is 12.1 Å². The second-order valence-electron chi connectivity index (χ2n) is 5.14. The lowest BCUT2D eigenvalue weighted by Crippen LogP contribution is -2.13. The molecule has 0 unspecified atom stereocenters. The van der Waals surface area contributed by atoms with E-state index >= 15 is 0 Å². The average molecular weight is 320 g/mol. The number of nitrogens with zero attached hydrogens (tertiary/aromatic N) is 2. The molecule has 0 N–H and O–H groups in total. The van der Waals surface area contributed by atoms with Crippen molar-refractivity contribution < 1.29 is 13.2 Å². The molecule has 1 aliphatic heterocycles. The molecule has 2 aromatic carbocycles. The van der Waals surface area contributed by atoms with E-state index in [1.165, 1.54) is 17.8 Å². The van der Waals surface area contributed by atoms with Crippen LogP contribution in [0.2, 0.25) is 0 Å². The molecule has 6 heteroatoms. The number of alkyl halides is 3. The maximum atomic E-state index is 13.3. The molecule has 0 aliphatic carbocycles. The molecule has 22 heavy (non-hydrogen) atoms. The lowest BCUT2D eigenvalue weighted by Gasteiger charge is -2.19. The highest BCUT2D eigenvalue weighted by molar-refractivity contribution is 7.99. The van der Waals surface area contributed by atoms with E-state index in [2.05, 4.69) is 4.98 Å². The van der Waals surface area contributed by atoms with Crippen molar-refractivity contribution in [2.75, 3.05) is 0 Å². The second kappa shape index (κ2) is 4.78. The molecule has 3 aromatic rings. The summed E-state index contributed by atoms with van der Waals surface area (Å²) in [7, 11) is 0. The molecule has 1 atom stereocenters. The van der Waals surface area contributed by atoms with Crippen molar-refractivity contribution in [3.05, 3.63) is 65.5 Å². The summed E-state index contributed by atoms with van der Waals surface area (Å²) in [5.41, 5.74) is 1.43. The minimum atomic E-state index is -4.35. The van der Waals surface area contributed by atoms with Crippen LogP contribution in [0.5, 0.6) is 0 Å². The number of halogens is 3. The second-order valence-corrected chi connectivity index (χ2v) is 6.20. The number of aromatic nitrogens is 2. The van der Waals surface area contributed by atoms with Gasteiger partial charge in [-0.2, -0.15) is 13.2 Å². The number of benzene rings is 2. The highest BCUT2D eigenvalue weighted by Gasteiger charge is 2.37. The Morgan fingerprint density at radius 1 is 1.05 bits per heavy atom. The minimum absolute atomic E-state index is 0.293. The van der Waals surface area contributed by atoms with Crippen LogP contribution in [0.3, 0.4) is 0 Å². The first-order valence-corrected chi connectivity index (χ1v) is 7.84. The molecule has 0 saturated carbocycles. The van der Waals surface area contributed by atoms with E-state index in [0.29, 0.717) is 11.3 Å². The Morgan fingerprint density at radius 3 is 2.59 bits per heavy atom. The van der Waals surface area contributed by atoms with E-state index in [1.807, 2.05) is 28.8 Å². The summed E-state index contributed by atoms with van der Waals surface area (Å²) < 4.78 is 41.8. The molecule has 0 radical (unpaired) electrons. The number of thioether (sulfide) groups is 1. The van der Waals surface area contributed by atoms with Gasteiger partial charge in [-0.25, -0.2) is 4.98 Å². The monoisotopic (exact) mass is 320 g/mol.